The van der Waals surface area contributed by atoms with Gasteiger partial charge in [-0.1, -0.05) is 0 Å². The van der Waals surface area contributed by atoms with Crippen LogP contribution < -0.4 is 18.9 Å². The van der Waals surface area contributed by atoms with E-state index >= 15 is 0 Å². The Labute approximate surface area is 59.4 Å². The van der Waals surface area contributed by atoms with Crippen molar-refractivity contribution < 1.29 is 42.2 Å². The van der Waals surface area contributed by atoms with Crippen LogP contribution in [0.2, 0.25) is 0 Å². The molecule has 0 radical (unpaired) electrons. The molecule has 0 rings (SSSR count). The maximum Gasteiger partial charge on any atom is 1.00 e. The second kappa shape index (κ2) is 3.51. The fourth-order valence-electron chi connectivity index (χ4n) is 0. The third-order valence-electron chi connectivity index (χ3n) is 0.198. The van der Waals surface area contributed by atoms with Crippen molar-refractivity contribution in [2.75, 3.05) is 0 Å². The molecule has 0 aliphatic heterocycles. The molecular weight excluding hydrogens is 140 g/mol. The molecule has 46 valence electrons. The van der Waals surface area contributed by atoms with E-state index in [1.807, 2.05) is 0 Å². The second-order valence-corrected chi connectivity index (χ2v) is 1.66. The molecule has 2 nitrogen and oxygen atoms in total. The molecule has 0 aliphatic carbocycles. The zero-order chi connectivity index (χ0) is 6.08. The van der Waals surface area contributed by atoms with Crippen molar-refractivity contribution in [3.63, 3.8) is 0 Å². The summed E-state index contributed by atoms with van der Waals surface area (Å²) in [5.74, 6) is 0. The van der Waals surface area contributed by atoms with Crippen molar-refractivity contribution in [3.8, 4) is 0 Å². The van der Waals surface area contributed by atoms with Gasteiger partial charge in [0.1, 0.15) is 0 Å². The first kappa shape index (κ1) is 11.3. The van der Waals surface area contributed by atoms with Crippen LogP contribution in [0.4, 0.5) is 13.2 Å². The number of rotatable bonds is 0. The van der Waals surface area contributed by atoms with Gasteiger partial charge in [0, 0.05) is 0 Å². The first-order valence-electron chi connectivity index (χ1n) is 1.12. The minimum absolute atomic E-state index is 0. The van der Waals surface area contributed by atoms with E-state index in [4.69, 9.17) is 8.76 Å². The zero-order valence-electron chi connectivity index (χ0n) is 4.90. The summed E-state index contributed by atoms with van der Waals surface area (Å²) in [4.78, 5) is 0. The Balaban J connectivity index is -0.000000180. The molecular formula is CH2F3LiO2S. The molecule has 1 atom stereocenters. The van der Waals surface area contributed by atoms with Gasteiger partial charge in [0.05, 0.1) is 0 Å². The molecule has 0 amide bonds. The van der Waals surface area contributed by atoms with Crippen LogP contribution in [0.15, 0.2) is 0 Å². The van der Waals surface area contributed by atoms with E-state index in [0.717, 1.165) is 0 Å². The second-order valence-electron chi connectivity index (χ2n) is 0.695. The van der Waals surface area contributed by atoms with Crippen molar-refractivity contribution in [1.82, 2.24) is 0 Å². The third kappa shape index (κ3) is 4.65. The Morgan fingerprint density at radius 3 is 1.62 bits per heavy atom. The summed E-state index contributed by atoms with van der Waals surface area (Å²) >= 11 is -3.68. The van der Waals surface area contributed by atoms with Crippen LogP contribution in [0.5, 0.6) is 0 Å². The van der Waals surface area contributed by atoms with Gasteiger partial charge in [-0.15, -0.1) is 0 Å². The number of hydrogen-bond donors (Lipinski definition) is 1. The van der Waals surface area contributed by atoms with Crippen LogP contribution in [0.1, 0.15) is 1.43 Å². The summed E-state index contributed by atoms with van der Waals surface area (Å²) in [5.41, 5.74) is -4.97. The van der Waals surface area contributed by atoms with Crippen molar-refractivity contribution in [2.24, 2.45) is 0 Å². The van der Waals surface area contributed by atoms with Gasteiger partial charge in [-0.25, -0.2) is 4.21 Å². The van der Waals surface area contributed by atoms with Gasteiger partial charge < -0.3 is 1.43 Å². The van der Waals surface area contributed by atoms with E-state index in [0.29, 0.717) is 0 Å². The van der Waals surface area contributed by atoms with Crippen LogP contribution in [-0.2, 0) is 11.1 Å². The van der Waals surface area contributed by atoms with Crippen LogP contribution in [0, 0.1) is 0 Å². The van der Waals surface area contributed by atoms with Gasteiger partial charge in [-0.3, -0.25) is 4.55 Å². The van der Waals surface area contributed by atoms with Crippen molar-refractivity contribution in [3.05, 3.63) is 0 Å². The van der Waals surface area contributed by atoms with Gasteiger partial charge >= 0.3 is 24.4 Å². The predicted molar refractivity (Wildman–Crippen MR) is 17.9 cm³/mol. The molecule has 0 bridgehead atoms. The number of hydrogen-bond acceptors (Lipinski definition) is 1. The topological polar surface area (TPSA) is 37.3 Å². The average Bonchev–Trinajstić information content (AvgIpc) is 1.31. The van der Waals surface area contributed by atoms with E-state index in [1.165, 1.54) is 0 Å². The Morgan fingerprint density at radius 2 is 1.62 bits per heavy atom. The smallest absolute Gasteiger partial charge is 1.00 e. The van der Waals surface area contributed by atoms with E-state index < -0.39 is 16.6 Å². The van der Waals surface area contributed by atoms with Crippen molar-refractivity contribution in [2.45, 2.75) is 5.51 Å². The summed E-state index contributed by atoms with van der Waals surface area (Å²) in [6, 6.07) is 0. The minimum atomic E-state index is -4.97. The van der Waals surface area contributed by atoms with Gasteiger partial charge in [0.15, 0.2) is 0 Å². The third-order valence-corrected chi connectivity index (χ3v) is 0.594. The maximum absolute atomic E-state index is 10.6. The standard InChI is InChI=1S/CHF3O2S.Li.H/c2-1(3,4)7(5)6;;/h(H,5,6);;/q;+1;-1. The molecule has 0 spiro atoms. The summed E-state index contributed by atoms with van der Waals surface area (Å²) < 4.78 is 48.1. The van der Waals surface area contributed by atoms with Crippen molar-refractivity contribution in [1.29, 1.82) is 0 Å². The van der Waals surface area contributed by atoms with Gasteiger partial charge in [-0.2, -0.15) is 13.2 Å². The molecule has 0 aromatic heterocycles. The fourth-order valence-corrected chi connectivity index (χ4v) is 0. The van der Waals surface area contributed by atoms with Crippen LogP contribution in [-0.4, -0.2) is 14.3 Å². The van der Waals surface area contributed by atoms with Crippen LogP contribution >= 0.6 is 0 Å². The molecule has 0 saturated heterocycles. The SMILES string of the molecule is O=S(O)C(F)(F)F.[H-].[Li+]. The Morgan fingerprint density at radius 1 is 1.50 bits per heavy atom. The fraction of sp³-hybridized carbons (Fsp3) is 1.00. The molecule has 0 aliphatic rings. The molecule has 8 heavy (non-hydrogen) atoms. The Hall–Kier alpha value is 0.497. The van der Waals surface area contributed by atoms with E-state index in [-0.39, 0.29) is 20.3 Å². The van der Waals surface area contributed by atoms with E-state index in [2.05, 4.69) is 0 Å². The first-order valence-corrected chi connectivity index (χ1v) is 2.23. The van der Waals surface area contributed by atoms with Gasteiger partial charge in [0.25, 0.3) is 11.1 Å². The normalized spacial score (nSPS) is 14.5. The van der Waals surface area contributed by atoms with Crippen LogP contribution in [0.25, 0.3) is 0 Å². The first-order chi connectivity index (χ1) is 2.94. The number of halogens is 3. The summed E-state index contributed by atoms with van der Waals surface area (Å²) in [6.07, 6.45) is 0. The van der Waals surface area contributed by atoms with Gasteiger partial charge in [0.2, 0.25) is 0 Å². The molecule has 0 heterocycles. The predicted octanol–water partition coefficient (Wildman–Crippen LogP) is -2.16. The zero-order valence-corrected chi connectivity index (χ0v) is 4.71. The average molecular weight is 142 g/mol. The molecule has 7 heteroatoms. The Bertz CT molecular complexity index is 94.3. The molecule has 0 aromatic carbocycles. The van der Waals surface area contributed by atoms with E-state index in [1.54, 1.807) is 0 Å². The molecule has 1 N–H and O–H groups in total. The molecule has 0 fully saturated rings. The monoisotopic (exact) mass is 142 g/mol. The quantitative estimate of drug-likeness (QED) is 0.309. The largest absolute Gasteiger partial charge is 1.00 e. The van der Waals surface area contributed by atoms with Gasteiger partial charge in [-0.05, 0) is 0 Å². The maximum atomic E-state index is 10.6. The molecule has 0 saturated carbocycles. The summed E-state index contributed by atoms with van der Waals surface area (Å²) in [6.45, 7) is 0. The molecule has 1 unspecified atom stereocenters. The minimum Gasteiger partial charge on any atom is -1.00 e. The molecule has 0 aromatic rings. The summed E-state index contributed by atoms with van der Waals surface area (Å²) in [7, 11) is 0. The summed E-state index contributed by atoms with van der Waals surface area (Å²) in [5, 5.41) is 0. The van der Waals surface area contributed by atoms with E-state index in [9.17, 15) is 13.2 Å². The van der Waals surface area contributed by atoms with Crippen LogP contribution in [0.3, 0.4) is 0 Å². The van der Waals surface area contributed by atoms with Crippen molar-refractivity contribution >= 4 is 11.1 Å². The number of alkyl halides is 3. The Kier molecular flexibility index (Phi) is 4.96.